The highest BCUT2D eigenvalue weighted by Crippen LogP contribution is 2.47. The predicted molar refractivity (Wildman–Crippen MR) is 230 cm³/mol. The standard InChI is InChI=1S/C47H44N3O4S2/c1-33(2)46(51)53-31-29-48-39-19-11-13-21-41(39)55-43(48)27-25-35-23-24-36(45(35)50(37-15-7-5-8-16-37)38-17-9-6-10-18-38)26-28-44-49(30-32-54-47(52)34(3)4)40-20-12-14-22-42(40)56-44/h5-22,25-28H,1,3,23-24,29-32H2,2,4H3/q+1. The van der Waals surface area contributed by atoms with Crippen LogP contribution in [0.1, 0.15) is 31.7 Å². The van der Waals surface area contributed by atoms with Crippen molar-refractivity contribution in [1.29, 1.82) is 0 Å². The molecule has 0 N–H and O–H groups in total. The number of esters is 2. The molecule has 2 heterocycles. The topological polar surface area (TPSA) is 63.0 Å². The Hall–Kier alpha value is -5.90. The molecule has 0 saturated heterocycles. The molecular weight excluding hydrogens is 735 g/mol. The number of thiazole rings is 1. The Kier molecular flexibility index (Phi) is 12.1. The van der Waals surface area contributed by atoms with Crippen LogP contribution in [0.4, 0.5) is 17.1 Å². The van der Waals surface area contributed by atoms with Crippen LogP contribution in [0.5, 0.6) is 0 Å². The minimum atomic E-state index is -0.381. The summed E-state index contributed by atoms with van der Waals surface area (Å²) in [5.41, 5.74) is 8.68. The van der Waals surface area contributed by atoms with Crippen LogP contribution >= 0.6 is 23.1 Å². The molecule has 1 aliphatic carbocycles. The van der Waals surface area contributed by atoms with Crippen LogP contribution in [0.15, 0.2) is 178 Å². The highest BCUT2D eigenvalue weighted by atomic mass is 32.2. The molecule has 0 fully saturated rings. The highest BCUT2D eigenvalue weighted by Gasteiger charge is 2.28. The Morgan fingerprint density at radius 2 is 1.39 bits per heavy atom. The number of hydrogen-bond acceptors (Lipinski definition) is 8. The van der Waals surface area contributed by atoms with Crippen molar-refractivity contribution in [2.24, 2.45) is 0 Å². The number of nitrogens with zero attached hydrogens (tertiary/aromatic N) is 3. The van der Waals surface area contributed by atoms with Crippen LogP contribution in [0.2, 0.25) is 0 Å². The van der Waals surface area contributed by atoms with Crippen molar-refractivity contribution in [2.75, 3.05) is 29.6 Å². The molecule has 0 spiro atoms. The second-order valence-corrected chi connectivity index (χ2v) is 15.6. The van der Waals surface area contributed by atoms with E-state index in [0.29, 0.717) is 24.2 Å². The van der Waals surface area contributed by atoms with Gasteiger partial charge >= 0.3 is 11.9 Å². The molecule has 2 aliphatic rings. The Morgan fingerprint density at radius 3 is 2.09 bits per heavy atom. The van der Waals surface area contributed by atoms with Gasteiger partial charge in [0.05, 0.1) is 23.0 Å². The number of anilines is 3. The van der Waals surface area contributed by atoms with E-state index in [9.17, 15) is 9.59 Å². The number of aromatic nitrogens is 1. The van der Waals surface area contributed by atoms with Crippen LogP contribution in [-0.4, -0.2) is 31.7 Å². The normalized spacial score (nSPS) is 15.2. The van der Waals surface area contributed by atoms with E-state index in [1.807, 2.05) is 24.3 Å². The third kappa shape index (κ3) is 8.64. The molecule has 0 amide bonds. The number of allylic oxidation sites excluding steroid dienone is 5. The van der Waals surface area contributed by atoms with E-state index in [1.165, 1.54) is 11.1 Å². The van der Waals surface area contributed by atoms with Crippen LogP contribution in [-0.2, 0) is 25.6 Å². The van der Waals surface area contributed by atoms with Crippen molar-refractivity contribution in [3.63, 3.8) is 0 Å². The summed E-state index contributed by atoms with van der Waals surface area (Å²) in [5, 5.41) is 2.14. The van der Waals surface area contributed by atoms with E-state index < -0.39 is 0 Å². The van der Waals surface area contributed by atoms with E-state index >= 15 is 0 Å². The fourth-order valence-electron chi connectivity index (χ4n) is 6.75. The quantitative estimate of drug-likeness (QED) is 0.0632. The second kappa shape index (κ2) is 17.7. The lowest BCUT2D eigenvalue weighted by atomic mass is 10.1. The first-order valence-corrected chi connectivity index (χ1v) is 20.3. The maximum atomic E-state index is 12.2. The molecule has 0 atom stereocenters. The SMILES string of the molecule is C=C(C)C(=O)OCCN1C(=CC=C2CCC(C=Cc3sc4ccccc4[n+]3CCOC(=O)C(=C)C)=C2N(c2ccccc2)c2ccccc2)Sc2ccccc21. The van der Waals surface area contributed by atoms with Crippen molar-refractivity contribution in [2.45, 2.75) is 38.1 Å². The van der Waals surface area contributed by atoms with Crippen molar-refractivity contribution < 1.29 is 23.6 Å². The van der Waals surface area contributed by atoms with Crippen LogP contribution in [0.25, 0.3) is 16.3 Å². The van der Waals surface area contributed by atoms with Gasteiger partial charge in [-0.25, -0.2) is 9.59 Å². The first-order chi connectivity index (χ1) is 27.3. The molecular formula is C47H44N3O4S2+. The van der Waals surface area contributed by atoms with E-state index in [1.54, 1.807) is 36.9 Å². The second-order valence-electron chi connectivity index (χ2n) is 13.5. The van der Waals surface area contributed by atoms with Gasteiger partial charge in [0.1, 0.15) is 11.3 Å². The largest absolute Gasteiger partial charge is 0.460 e. The van der Waals surface area contributed by atoms with Gasteiger partial charge in [-0.3, -0.25) is 0 Å². The molecule has 9 heteroatoms. The minimum Gasteiger partial charge on any atom is -0.460 e. The van der Waals surface area contributed by atoms with Crippen LogP contribution in [0.3, 0.4) is 0 Å². The number of rotatable bonds is 14. The average molecular weight is 779 g/mol. The molecule has 0 bridgehead atoms. The number of ether oxygens (including phenoxy) is 2. The number of benzene rings is 4. The van der Waals surface area contributed by atoms with Crippen molar-refractivity contribution in [3.05, 3.63) is 179 Å². The molecule has 4 aromatic carbocycles. The first kappa shape index (κ1) is 38.4. The van der Waals surface area contributed by atoms with E-state index in [4.69, 9.17) is 9.47 Å². The Morgan fingerprint density at radius 1 is 0.768 bits per heavy atom. The Bertz CT molecular complexity index is 2370. The first-order valence-electron chi connectivity index (χ1n) is 18.6. The minimum absolute atomic E-state index is 0.248. The van der Waals surface area contributed by atoms with Crippen LogP contribution in [0, 0.1) is 0 Å². The third-order valence-electron chi connectivity index (χ3n) is 9.44. The molecule has 5 aromatic rings. The maximum Gasteiger partial charge on any atom is 0.333 e. The lowest BCUT2D eigenvalue weighted by Crippen LogP contribution is -2.37. The van der Waals surface area contributed by atoms with Gasteiger partial charge in [-0.2, -0.15) is 4.57 Å². The number of thioether (sulfide) groups is 1. The number of hydrogen-bond donors (Lipinski definition) is 0. The molecule has 56 heavy (non-hydrogen) atoms. The zero-order valence-corrected chi connectivity index (χ0v) is 33.3. The van der Waals surface area contributed by atoms with Gasteiger partial charge in [-0.1, -0.05) is 103 Å². The smallest absolute Gasteiger partial charge is 0.333 e. The maximum absolute atomic E-state index is 12.2. The van der Waals surface area contributed by atoms with Crippen molar-refractivity contribution in [1.82, 2.24) is 0 Å². The third-order valence-corrected chi connectivity index (χ3v) is 11.7. The van der Waals surface area contributed by atoms with Gasteiger partial charge in [-0.05, 0) is 92.5 Å². The summed E-state index contributed by atoms with van der Waals surface area (Å²) < 4.78 is 14.4. The van der Waals surface area contributed by atoms with Gasteiger partial charge in [0.25, 0.3) is 5.01 Å². The number of carbonyl (C=O) groups excluding carboxylic acids is 2. The lowest BCUT2D eigenvalue weighted by Gasteiger charge is -2.28. The van der Waals surface area contributed by atoms with Crippen molar-refractivity contribution in [3.8, 4) is 0 Å². The molecule has 1 aliphatic heterocycles. The van der Waals surface area contributed by atoms with E-state index in [0.717, 1.165) is 60.7 Å². The summed E-state index contributed by atoms with van der Waals surface area (Å²) in [6.07, 6.45) is 10.6. The summed E-state index contributed by atoms with van der Waals surface area (Å²) in [5.74, 6) is -0.762. The fourth-order valence-corrected chi connectivity index (χ4v) is 8.93. The number of para-hydroxylation sites is 4. The number of carbonyl (C=O) groups is 2. The van der Waals surface area contributed by atoms with Gasteiger partial charge < -0.3 is 19.3 Å². The molecule has 0 radical (unpaired) electrons. The molecule has 282 valence electrons. The summed E-state index contributed by atoms with van der Waals surface area (Å²) in [4.78, 5) is 30.2. The molecule has 1 aromatic heterocycles. The fraction of sp³-hybridized carbons (Fsp3) is 0.170. The summed E-state index contributed by atoms with van der Waals surface area (Å²) in [7, 11) is 0. The van der Waals surface area contributed by atoms with Crippen molar-refractivity contribution >= 4 is 68.4 Å². The zero-order valence-electron chi connectivity index (χ0n) is 31.6. The summed E-state index contributed by atoms with van der Waals surface area (Å²) in [6, 6.07) is 37.7. The van der Waals surface area contributed by atoms with Gasteiger partial charge in [0.2, 0.25) is 5.52 Å². The van der Waals surface area contributed by atoms with E-state index in [2.05, 4.69) is 137 Å². The van der Waals surface area contributed by atoms with Gasteiger partial charge in [0, 0.05) is 39.6 Å². The molecule has 7 rings (SSSR count). The monoisotopic (exact) mass is 778 g/mol. The predicted octanol–water partition coefficient (Wildman–Crippen LogP) is 10.7. The van der Waals surface area contributed by atoms with Crippen LogP contribution < -0.4 is 14.4 Å². The van der Waals surface area contributed by atoms with Gasteiger partial charge in [0.15, 0.2) is 13.2 Å². The Labute approximate surface area is 336 Å². The lowest BCUT2D eigenvalue weighted by molar-refractivity contribution is -0.669. The van der Waals surface area contributed by atoms with E-state index in [-0.39, 0.29) is 25.2 Å². The molecule has 0 unspecified atom stereocenters. The number of fused-ring (bicyclic) bond motifs is 2. The summed E-state index contributed by atoms with van der Waals surface area (Å²) >= 11 is 3.44. The van der Waals surface area contributed by atoms with Gasteiger partial charge in [-0.15, -0.1) is 0 Å². The molecule has 7 nitrogen and oxygen atoms in total. The Balaban J connectivity index is 1.29. The zero-order chi connectivity index (χ0) is 39.0. The highest BCUT2D eigenvalue weighted by molar-refractivity contribution is 8.03. The summed E-state index contributed by atoms with van der Waals surface area (Å²) in [6.45, 7) is 12.3. The molecule has 0 saturated carbocycles. The average Bonchev–Trinajstić information content (AvgIpc) is 3.90.